The number of amides is 2. The number of aliphatic hydroxyl groups excluding tert-OH is 2. The van der Waals surface area contributed by atoms with Crippen LogP contribution in [0.1, 0.15) is 12.8 Å². The lowest BCUT2D eigenvalue weighted by atomic mass is 9.81. The highest BCUT2D eigenvalue weighted by molar-refractivity contribution is 5.88. The molecule has 2 atom stereocenters. The molecule has 0 saturated carbocycles. The molecular weight excluding hydrogens is 260 g/mol. The van der Waals surface area contributed by atoms with E-state index in [4.69, 9.17) is 10.2 Å². The molecule has 114 valence electrons. The van der Waals surface area contributed by atoms with Crippen molar-refractivity contribution >= 4 is 11.8 Å². The minimum Gasteiger partial charge on any atom is -0.395 e. The largest absolute Gasteiger partial charge is 0.395 e. The Bertz CT molecular complexity index is 362. The van der Waals surface area contributed by atoms with Gasteiger partial charge in [-0.05, 0) is 12.8 Å². The van der Waals surface area contributed by atoms with E-state index in [1.165, 1.54) is 9.80 Å². The number of allylic oxidation sites excluding steroid dienone is 2. The van der Waals surface area contributed by atoms with Crippen LogP contribution in [0.15, 0.2) is 12.2 Å². The van der Waals surface area contributed by atoms with Crippen molar-refractivity contribution in [1.29, 1.82) is 0 Å². The second kappa shape index (κ2) is 8.01. The van der Waals surface area contributed by atoms with E-state index in [0.717, 1.165) is 0 Å². The number of carbonyl (C=O) groups excluding carboxylic acids is 2. The minimum atomic E-state index is -0.409. The molecule has 0 bridgehead atoms. The predicted octanol–water partition coefficient (Wildman–Crippen LogP) is -0.530. The van der Waals surface area contributed by atoms with Gasteiger partial charge >= 0.3 is 0 Å². The summed E-state index contributed by atoms with van der Waals surface area (Å²) < 4.78 is 0. The van der Waals surface area contributed by atoms with Crippen molar-refractivity contribution in [3.05, 3.63) is 12.2 Å². The topological polar surface area (TPSA) is 81.1 Å². The molecule has 0 aromatic rings. The maximum absolute atomic E-state index is 12.5. The first-order chi connectivity index (χ1) is 9.52. The predicted molar refractivity (Wildman–Crippen MR) is 74.8 cm³/mol. The molecule has 0 aromatic carbocycles. The van der Waals surface area contributed by atoms with Crippen molar-refractivity contribution in [3.63, 3.8) is 0 Å². The van der Waals surface area contributed by atoms with E-state index >= 15 is 0 Å². The Kier molecular flexibility index (Phi) is 6.67. The van der Waals surface area contributed by atoms with E-state index in [1.807, 2.05) is 12.2 Å². The minimum absolute atomic E-state index is 0.0550. The average Bonchev–Trinajstić information content (AvgIpc) is 2.45. The van der Waals surface area contributed by atoms with E-state index in [1.54, 1.807) is 14.1 Å². The Labute approximate surface area is 119 Å². The van der Waals surface area contributed by atoms with Gasteiger partial charge in [0.25, 0.3) is 0 Å². The number of hydrogen-bond donors (Lipinski definition) is 2. The Morgan fingerprint density at radius 3 is 1.85 bits per heavy atom. The van der Waals surface area contributed by atoms with Crippen LogP contribution in [0, 0.1) is 11.8 Å². The standard InChI is InChI=1S/C14H24N2O4/c1-15(2)13(19)11-5-3-4-6-12(11)14(20)16(7-9-17)8-10-18/h3-4,11-12,17-18H,5-10H2,1-2H3. The van der Waals surface area contributed by atoms with Crippen LogP contribution in [-0.2, 0) is 9.59 Å². The third-order valence-electron chi connectivity index (χ3n) is 3.56. The van der Waals surface area contributed by atoms with E-state index in [-0.39, 0.29) is 44.0 Å². The molecule has 20 heavy (non-hydrogen) atoms. The monoisotopic (exact) mass is 284 g/mol. The fraction of sp³-hybridized carbons (Fsp3) is 0.714. The van der Waals surface area contributed by atoms with Gasteiger partial charge < -0.3 is 20.0 Å². The second-order valence-corrected chi connectivity index (χ2v) is 5.16. The molecule has 0 spiro atoms. The zero-order valence-corrected chi connectivity index (χ0v) is 12.2. The van der Waals surface area contributed by atoms with Crippen LogP contribution in [0.25, 0.3) is 0 Å². The summed E-state index contributed by atoms with van der Waals surface area (Å²) in [7, 11) is 3.36. The van der Waals surface area contributed by atoms with E-state index < -0.39 is 5.92 Å². The molecule has 1 aliphatic rings. The van der Waals surface area contributed by atoms with Gasteiger partial charge in [0.15, 0.2) is 0 Å². The Balaban J connectivity index is 2.86. The number of rotatable bonds is 6. The van der Waals surface area contributed by atoms with Gasteiger partial charge in [0.1, 0.15) is 0 Å². The summed E-state index contributed by atoms with van der Waals surface area (Å²) in [4.78, 5) is 27.6. The van der Waals surface area contributed by atoms with Crippen molar-refractivity contribution in [2.75, 3.05) is 40.4 Å². The van der Waals surface area contributed by atoms with Gasteiger partial charge in [-0.1, -0.05) is 12.2 Å². The van der Waals surface area contributed by atoms with Crippen LogP contribution in [0.5, 0.6) is 0 Å². The van der Waals surface area contributed by atoms with Gasteiger partial charge in [0.2, 0.25) is 11.8 Å². The van der Waals surface area contributed by atoms with Crippen LogP contribution in [0.3, 0.4) is 0 Å². The van der Waals surface area contributed by atoms with E-state index in [0.29, 0.717) is 12.8 Å². The quantitative estimate of drug-likeness (QED) is 0.643. The smallest absolute Gasteiger partial charge is 0.226 e. The summed E-state index contributed by atoms with van der Waals surface area (Å²) in [5, 5.41) is 18.0. The van der Waals surface area contributed by atoms with Crippen molar-refractivity contribution in [2.24, 2.45) is 11.8 Å². The summed E-state index contributed by atoms with van der Waals surface area (Å²) >= 11 is 0. The van der Waals surface area contributed by atoms with Crippen molar-refractivity contribution in [3.8, 4) is 0 Å². The first-order valence-corrected chi connectivity index (χ1v) is 6.89. The molecule has 6 heteroatoms. The third-order valence-corrected chi connectivity index (χ3v) is 3.56. The molecule has 0 radical (unpaired) electrons. The lowest BCUT2D eigenvalue weighted by molar-refractivity contribution is -0.145. The van der Waals surface area contributed by atoms with Crippen molar-refractivity contribution in [2.45, 2.75) is 12.8 Å². The highest BCUT2D eigenvalue weighted by Gasteiger charge is 2.36. The van der Waals surface area contributed by atoms with E-state index in [2.05, 4.69) is 0 Å². The number of carbonyl (C=O) groups is 2. The summed E-state index contributed by atoms with van der Waals surface area (Å²) in [5.74, 6) is -0.992. The molecule has 2 unspecified atom stereocenters. The third kappa shape index (κ3) is 4.05. The summed E-state index contributed by atoms with van der Waals surface area (Å²) in [6.45, 7) is 0.0617. The number of aliphatic hydroxyl groups is 2. The first-order valence-electron chi connectivity index (χ1n) is 6.89. The highest BCUT2D eigenvalue weighted by Crippen LogP contribution is 2.28. The Morgan fingerprint density at radius 1 is 1.00 bits per heavy atom. The first kappa shape index (κ1) is 16.7. The molecule has 6 nitrogen and oxygen atoms in total. The molecule has 0 saturated heterocycles. The lowest BCUT2D eigenvalue weighted by Crippen LogP contribution is -2.46. The molecule has 2 N–H and O–H groups in total. The second-order valence-electron chi connectivity index (χ2n) is 5.16. The van der Waals surface area contributed by atoms with Crippen LogP contribution in [-0.4, -0.2) is 72.2 Å². The lowest BCUT2D eigenvalue weighted by Gasteiger charge is -2.32. The van der Waals surface area contributed by atoms with Gasteiger partial charge in [-0.25, -0.2) is 0 Å². The number of hydrogen-bond acceptors (Lipinski definition) is 4. The van der Waals surface area contributed by atoms with Gasteiger partial charge in [0, 0.05) is 27.2 Å². The molecular formula is C14H24N2O4. The average molecular weight is 284 g/mol. The fourth-order valence-electron chi connectivity index (χ4n) is 2.50. The van der Waals surface area contributed by atoms with Crippen LogP contribution in [0.4, 0.5) is 0 Å². The normalized spacial score (nSPS) is 21.6. The highest BCUT2D eigenvalue weighted by atomic mass is 16.3. The zero-order valence-electron chi connectivity index (χ0n) is 12.2. The van der Waals surface area contributed by atoms with Crippen molar-refractivity contribution in [1.82, 2.24) is 9.80 Å². The van der Waals surface area contributed by atoms with Gasteiger partial charge in [-0.15, -0.1) is 0 Å². The molecule has 0 aliphatic heterocycles. The molecule has 0 heterocycles. The molecule has 2 amide bonds. The van der Waals surface area contributed by atoms with Gasteiger partial charge in [0.05, 0.1) is 25.0 Å². The maximum Gasteiger partial charge on any atom is 0.226 e. The van der Waals surface area contributed by atoms with Gasteiger partial charge in [-0.2, -0.15) is 0 Å². The summed E-state index contributed by atoms with van der Waals surface area (Å²) in [6, 6.07) is 0. The van der Waals surface area contributed by atoms with Gasteiger partial charge in [-0.3, -0.25) is 9.59 Å². The molecule has 0 fully saturated rings. The zero-order chi connectivity index (χ0) is 15.1. The maximum atomic E-state index is 12.5. The Hall–Kier alpha value is -1.40. The molecule has 0 aromatic heterocycles. The molecule has 1 rings (SSSR count). The van der Waals surface area contributed by atoms with Crippen molar-refractivity contribution < 1.29 is 19.8 Å². The summed E-state index contributed by atoms with van der Waals surface area (Å²) in [5.41, 5.74) is 0. The number of nitrogens with zero attached hydrogens (tertiary/aromatic N) is 2. The SMILES string of the molecule is CN(C)C(=O)C1CC=CCC1C(=O)N(CCO)CCO. The summed E-state index contributed by atoms with van der Waals surface area (Å²) in [6.07, 6.45) is 4.92. The van der Waals surface area contributed by atoms with E-state index in [9.17, 15) is 9.59 Å². The van der Waals surface area contributed by atoms with Crippen LogP contribution in [0.2, 0.25) is 0 Å². The fourth-order valence-corrected chi connectivity index (χ4v) is 2.50. The van der Waals surface area contributed by atoms with Crippen LogP contribution >= 0.6 is 0 Å². The van der Waals surface area contributed by atoms with Crippen LogP contribution < -0.4 is 0 Å². The molecule has 1 aliphatic carbocycles. The Morgan fingerprint density at radius 2 is 1.45 bits per heavy atom.